The molecular formula is C14H6Cl2O3. The number of carbonyl (C=O) groups is 2. The molecule has 0 bridgehead atoms. The van der Waals surface area contributed by atoms with Crippen LogP contribution < -0.4 is 0 Å². The molecule has 0 fully saturated rings. The van der Waals surface area contributed by atoms with Crippen molar-refractivity contribution in [1.82, 2.24) is 0 Å². The van der Waals surface area contributed by atoms with Crippen molar-refractivity contribution in [2.45, 2.75) is 0 Å². The smallest absolute Gasteiger partial charge is 0.252 e. The van der Waals surface area contributed by atoms with Crippen LogP contribution in [0.5, 0.6) is 0 Å². The van der Waals surface area contributed by atoms with Gasteiger partial charge in [-0.05, 0) is 59.6 Å². The average Bonchev–Trinajstić information content (AvgIpc) is 2.75. The summed E-state index contributed by atoms with van der Waals surface area (Å²) in [4.78, 5) is 22.4. The molecule has 94 valence electrons. The van der Waals surface area contributed by atoms with E-state index in [1.807, 2.05) is 0 Å². The molecule has 0 aliphatic heterocycles. The van der Waals surface area contributed by atoms with Gasteiger partial charge in [0.1, 0.15) is 11.2 Å². The normalized spacial score (nSPS) is 11.1. The molecule has 0 aliphatic carbocycles. The van der Waals surface area contributed by atoms with Gasteiger partial charge in [-0.25, -0.2) is 0 Å². The first-order valence-electron chi connectivity index (χ1n) is 5.42. The zero-order valence-corrected chi connectivity index (χ0v) is 11.0. The highest BCUT2D eigenvalue weighted by atomic mass is 35.5. The van der Waals surface area contributed by atoms with Gasteiger partial charge in [0.25, 0.3) is 10.5 Å². The molecule has 3 aromatic rings. The van der Waals surface area contributed by atoms with Crippen LogP contribution in [0.15, 0.2) is 40.8 Å². The Hall–Kier alpha value is -1.84. The van der Waals surface area contributed by atoms with Crippen molar-refractivity contribution in [2.24, 2.45) is 0 Å². The van der Waals surface area contributed by atoms with E-state index in [1.165, 1.54) is 0 Å². The van der Waals surface area contributed by atoms with Crippen LogP contribution in [0.25, 0.3) is 21.9 Å². The largest absolute Gasteiger partial charge is 0.456 e. The maximum Gasteiger partial charge on any atom is 0.252 e. The predicted octanol–water partition coefficient (Wildman–Crippen LogP) is 4.34. The lowest BCUT2D eigenvalue weighted by molar-refractivity contribution is 0.107. The molecule has 0 atom stereocenters. The summed E-state index contributed by atoms with van der Waals surface area (Å²) >= 11 is 10.9. The molecule has 2 aromatic carbocycles. The molecule has 19 heavy (non-hydrogen) atoms. The predicted molar refractivity (Wildman–Crippen MR) is 74.1 cm³/mol. The lowest BCUT2D eigenvalue weighted by atomic mass is 10.1. The second-order valence-corrected chi connectivity index (χ2v) is 4.76. The van der Waals surface area contributed by atoms with E-state index >= 15 is 0 Å². The van der Waals surface area contributed by atoms with Gasteiger partial charge in [0.2, 0.25) is 0 Å². The van der Waals surface area contributed by atoms with E-state index in [4.69, 9.17) is 27.6 Å². The van der Waals surface area contributed by atoms with Crippen molar-refractivity contribution in [1.29, 1.82) is 0 Å². The zero-order valence-electron chi connectivity index (χ0n) is 9.44. The van der Waals surface area contributed by atoms with E-state index in [0.29, 0.717) is 22.3 Å². The molecule has 5 heteroatoms. The van der Waals surface area contributed by atoms with Crippen LogP contribution in [0.4, 0.5) is 0 Å². The van der Waals surface area contributed by atoms with Crippen molar-refractivity contribution < 1.29 is 14.0 Å². The number of fused-ring (bicyclic) bond motifs is 3. The minimum Gasteiger partial charge on any atom is -0.456 e. The summed E-state index contributed by atoms with van der Waals surface area (Å²) in [5.41, 5.74) is 1.99. The fraction of sp³-hybridized carbons (Fsp3) is 0. The Bertz CT molecular complexity index is 765. The van der Waals surface area contributed by atoms with Gasteiger partial charge in [-0.3, -0.25) is 9.59 Å². The van der Waals surface area contributed by atoms with Crippen molar-refractivity contribution in [3.05, 3.63) is 47.5 Å². The molecule has 1 aromatic heterocycles. The molecule has 0 unspecified atom stereocenters. The second kappa shape index (κ2) is 4.37. The van der Waals surface area contributed by atoms with Gasteiger partial charge in [-0.2, -0.15) is 0 Å². The Morgan fingerprint density at radius 2 is 1.21 bits per heavy atom. The number of furan rings is 1. The number of hydrogen-bond donors (Lipinski definition) is 0. The summed E-state index contributed by atoms with van der Waals surface area (Å²) in [7, 11) is 0. The Labute approximate surface area is 117 Å². The molecule has 0 amide bonds. The van der Waals surface area contributed by atoms with E-state index in [-0.39, 0.29) is 0 Å². The second-order valence-electron chi connectivity index (χ2n) is 4.07. The van der Waals surface area contributed by atoms with E-state index in [1.54, 1.807) is 36.4 Å². The summed E-state index contributed by atoms with van der Waals surface area (Å²) < 4.78 is 5.61. The molecule has 3 nitrogen and oxygen atoms in total. The van der Waals surface area contributed by atoms with E-state index < -0.39 is 10.5 Å². The van der Waals surface area contributed by atoms with Crippen LogP contribution in [0.2, 0.25) is 0 Å². The molecule has 0 spiro atoms. The number of halogens is 2. The van der Waals surface area contributed by atoms with Gasteiger partial charge in [-0.1, -0.05) is 0 Å². The van der Waals surface area contributed by atoms with Crippen LogP contribution in [-0.2, 0) is 0 Å². The third-order valence-corrected chi connectivity index (χ3v) is 3.36. The Morgan fingerprint density at radius 1 is 0.789 bits per heavy atom. The molecular weight excluding hydrogens is 287 g/mol. The zero-order chi connectivity index (χ0) is 13.6. The molecule has 0 saturated carbocycles. The van der Waals surface area contributed by atoms with Gasteiger partial charge in [0, 0.05) is 21.9 Å². The number of hydrogen-bond acceptors (Lipinski definition) is 3. The van der Waals surface area contributed by atoms with E-state index in [9.17, 15) is 9.59 Å². The molecule has 0 saturated heterocycles. The topological polar surface area (TPSA) is 47.3 Å². The van der Waals surface area contributed by atoms with Crippen molar-refractivity contribution in [2.75, 3.05) is 0 Å². The SMILES string of the molecule is O=C(Cl)c1ccc2oc3ccc(C(=O)Cl)cc3c2c1. The van der Waals surface area contributed by atoms with Gasteiger partial charge in [0.05, 0.1) is 0 Å². The van der Waals surface area contributed by atoms with Crippen molar-refractivity contribution >= 4 is 55.6 Å². The van der Waals surface area contributed by atoms with Crippen LogP contribution in [-0.4, -0.2) is 10.5 Å². The van der Waals surface area contributed by atoms with Crippen LogP contribution in [0, 0.1) is 0 Å². The first kappa shape index (κ1) is 12.2. The molecule has 0 aliphatic rings. The maximum absolute atomic E-state index is 11.2. The third kappa shape index (κ3) is 2.01. The number of benzene rings is 2. The Balaban J connectivity index is 2.37. The average molecular weight is 293 g/mol. The lowest BCUT2D eigenvalue weighted by Crippen LogP contribution is -1.88. The quantitative estimate of drug-likeness (QED) is 0.660. The fourth-order valence-corrected chi connectivity index (χ4v) is 2.26. The minimum atomic E-state index is -0.541. The van der Waals surface area contributed by atoms with E-state index in [2.05, 4.69) is 0 Å². The van der Waals surface area contributed by atoms with Crippen LogP contribution in [0.3, 0.4) is 0 Å². The molecule has 0 N–H and O–H groups in total. The molecule has 0 radical (unpaired) electrons. The lowest BCUT2D eigenvalue weighted by Gasteiger charge is -1.95. The Morgan fingerprint density at radius 3 is 1.58 bits per heavy atom. The molecule has 1 heterocycles. The first-order valence-corrected chi connectivity index (χ1v) is 6.18. The fourth-order valence-electron chi connectivity index (χ4n) is 2.02. The van der Waals surface area contributed by atoms with Crippen LogP contribution in [0.1, 0.15) is 20.7 Å². The number of carbonyl (C=O) groups excluding carboxylic acids is 2. The van der Waals surface area contributed by atoms with Gasteiger partial charge in [0.15, 0.2) is 0 Å². The highest BCUT2D eigenvalue weighted by Crippen LogP contribution is 2.30. The molecule has 3 rings (SSSR count). The van der Waals surface area contributed by atoms with Gasteiger partial charge < -0.3 is 4.42 Å². The highest BCUT2D eigenvalue weighted by Gasteiger charge is 2.12. The highest BCUT2D eigenvalue weighted by molar-refractivity contribution is 6.68. The van der Waals surface area contributed by atoms with E-state index in [0.717, 1.165) is 10.8 Å². The minimum absolute atomic E-state index is 0.375. The van der Waals surface area contributed by atoms with Crippen LogP contribution >= 0.6 is 23.2 Å². The maximum atomic E-state index is 11.2. The van der Waals surface area contributed by atoms with Crippen molar-refractivity contribution in [3.8, 4) is 0 Å². The summed E-state index contributed by atoms with van der Waals surface area (Å²) in [6, 6.07) is 9.81. The summed E-state index contributed by atoms with van der Waals surface area (Å²) in [5.74, 6) is 0. The third-order valence-electron chi connectivity index (χ3n) is 2.92. The Kier molecular flexibility index (Phi) is 2.81. The summed E-state index contributed by atoms with van der Waals surface area (Å²) in [6.45, 7) is 0. The van der Waals surface area contributed by atoms with Gasteiger partial charge in [-0.15, -0.1) is 0 Å². The van der Waals surface area contributed by atoms with Gasteiger partial charge >= 0.3 is 0 Å². The first-order chi connectivity index (χ1) is 9.06. The monoisotopic (exact) mass is 292 g/mol. The standard InChI is InChI=1S/C14H6Cl2O3/c15-13(17)7-1-3-11-9(5-7)10-6-8(14(16)18)2-4-12(10)19-11/h1-6H. The van der Waals surface area contributed by atoms with Crippen molar-refractivity contribution in [3.63, 3.8) is 0 Å². The summed E-state index contributed by atoms with van der Waals surface area (Å²) in [5, 5.41) is 0.365. The summed E-state index contributed by atoms with van der Waals surface area (Å²) in [6.07, 6.45) is 0. The number of rotatable bonds is 2.